The Balaban J connectivity index is 2.42. The highest BCUT2D eigenvalue weighted by molar-refractivity contribution is 9.10. The molecule has 1 heterocycles. The van der Waals surface area contributed by atoms with Gasteiger partial charge < -0.3 is 10.6 Å². The average molecular weight is 304 g/mol. The van der Waals surface area contributed by atoms with Gasteiger partial charge in [-0.1, -0.05) is 11.6 Å². The van der Waals surface area contributed by atoms with E-state index in [2.05, 4.69) is 15.9 Å². The first kappa shape index (κ1) is 11.9. The third-order valence-electron chi connectivity index (χ3n) is 2.76. The number of amides is 1. The van der Waals surface area contributed by atoms with Crippen LogP contribution in [0.25, 0.3) is 0 Å². The molecule has 1 amide bonds. The second-order valence-corrected chi connectivity index (χ2v) is 5.21. The minimum absolute atomic E-state index is 0.0639. The van der Waals surface area contributed by atoms with Crippen molar-refractivity contribution in [1.82, 2.24) is 0 Å². The van der Waals surface area contributed by atoms with E-state index in [-0.39, 0.29) is 11.9 Å². The first-order valence-electron chi connectivity index (χ1n) is 5.01. The van der Waals surface area contributed by atoms with Crippen LogP contribution in [0.15, 0.2) is 16.6 Å². The van der Waals surface area contributed by atoms with Gasteiger partial charge in [-0.25, -0.2) is 0 Å². The lowest BCUT2D eigenvalue weighted by Crippen LogP contribution is -2.28. The summed E-state index contributed by atoms with van der Waals surface area (Å²) >= 11 is 9.48. The highest BCUT2D eigenvalue weighted by Crippen LogP contribution is 2.34. The molecule has 3 nitrogen and oxygen atoms in total. The molecule has 2 rings (SSSR count). The van der Waals surface area contributed by atoms with Gasteiger partial charge in [0.15, 0.2) is 0 Å². The topological polar surface area (TPSA) is 46.3 Å². The van der Waals surface area contributed by atoms with Crippen molar-refractivity contribution in [1.29, 1.82) is 0 Å². The quantitative estimate of drug-likeness (QED) is 0.866. The summed E-state index contributed by atoms with van der Waals surface area (Å²) in [6, 6.07) is 3.66. The summed E-state index contributed by atoms with van der Waals surface area (Å²) < 4.78 is 0.839. The fraction of sp³-hybridized carbons (Fsp3) is 0.364. The third-order valence-corrected chi connectivity index (χ3v) is 4.13. The van der Waals surface area contributed by atoms with Crippen LogP contribution in [0.2, 0.25) is 5.02 Å². The maximum Gasteiger partial charge on any atom is 0.228 e. The van der Waals surface area contributed by atoms with E-state index in [4.69, 9.17) is 17.3 Å². The summed E-state index contributed by atoms with van der Waals surface area (Å²) in [5, 5.41) is 0.644. The molecule has 86 valence electrons. The minimum atomic E-state index is -0.0747. The van der Waals surface area contributed by atoms with Crippen molar-refractivity contribution in [2.75, 3.05) is 11.4 Å². The predicted molar refractivity (Wildman–Crippen MR) is 68.8 cm³/mol. The maximum absolute atomic E-state index is 11.7. The van der Waals surface area contributed by atoms with Gasteiger partial charge in [0, 0.05) is 29.2 Å². The molecular weight excluding hydrogens is 291 g/mol. The highest BCUT2D eigenvalue weighted by Gasteiger charge is 2.29. The fourth-order valence-electron chi connectivity index (χ4n) is 1.90. The van der Waals surface area contributed by atoms with Gasteiger partial charge in [0.05, 0.1) is 5.02 Å². The number of carbonyl (C=O) groups is 1. The Morgan fingerprint density at radius 3 is 2.81 bits per heavy atom. The van der Waals surface area contributed by atoms with Gasteiger partial charge >= 0.3 is 0 Å². The van der Waals surface area contributed by atoms with Crippen molar-refractivity contribution in [3.8, 4) is 0 Å². The second-order valence-electron chi connectivity index (χ2n) is 3.97. The molecule has 0 spiro atoms. The van der Waals surface area contributed by atoms with Crippen molar-refractivity contribution in [3.05, 3.63) is 27.2 Å². The van der Waals surface area contributed by atoms with Crippen LogP contribution in [0.4, 0.5) is 5.69 Å². The molecular formula is C11H12BrClN2O. The molecule has 0 radical (unpaired) electrons. The van der Waals surface area contributed by atoms with Gasteiger partial charge in [-0.2, -0.15) is 0 Å². The van der Waals surface area contributed by atoms with E-state index in [0.29, 0.717) is 18.0 Å². The molecule has 1 saturated heterocycles. The minimum Gasteiger partial charge on any atom is -0.326 e. The monoisotopic (exact) mass is 302 g/mol. The normalized spacial score (nSPS) is 20.6. The zero-order valence-corrected chi connectivity index (χ0v) is 11.2. The Labute approximate surface area is 108 Å². The van der Waals surface area contributed by atoms with E-state index in [1.165, 1.54) is 0 Å². The number of hydrogen-bond acceptors (Lipinski definition) is 2. The number of benzene rings is 1. The number of anilines is 1. The van der Waals surface area contributed by atoms with E-state index in [1.54, 1.807) is 4.90 Å². The van der Waals surface area contributed by atoms with Crippen LogP contribution in [0.3, 0.4) is 0 Å². The summed E-state index contributed by atoms with van der Waals surface area (Å²) in [6.45, 7) is 2.47. The van der Waals surface area contributed by atoms with Gasteiger partial charge in [0.1, 0.15) is 0 Å². The Morgan fingerprint density at radius 2 is 2.25 bits per heavy atom. The smallest absolute Gasteiger partial charge is 0.228 e. The molecule has 16 heavy (non-hydrogen) atoms. The van der Waals surface area contributed by atoms with Crippen molar-refractivity contribution < 1.29 is 4.79 Å². The third kappa shape index (κ3) is 1.97. The molecule has 1 aromatic carbocycles. The van der Waals surface area contributed by atoms with E-state index in [1.807, 2.05) is 19.1 Å². The Bertz CT molecular complexity index is 450. The first-order chi connectivity index (χ1) is 7.50. The molecule has 1 unspecified atom stereocenters. The molecule has 1 aromatic rings. The zero-order chi connectivity index (χ0) is 11.9. The van der Waals surface area contributed by atoms with E-state index in [0.717, 1.165) is 15.7 Å². The number of rotatable bonds is 1. The molecule has 1 aliphatic rings. The standard InChI is InChI=1S/C11H12BrClN2O/c1-6-9(3-2-8(12)11(6)13)15-5-7(14)4-10(15)16/h2-3,7H,4-5,14H2,1H3. The van der Waals surface area contributed by atoms with Gasteiger partial charge in [0.25, 0.3) is 0 Å². The van der Waals surface area contributed by atoms with Crippen LogP contribution >= 0.6 is 27.5 Å². The first-order valence-corrected chi connectivity index (χ1v) is 6.18. The number of hydrogen-bond donors (Lipinski definition) is 1. The number of nitrogens with zero attached hydrogens (tertiary/aromatic N) is 1. The van der Waals surface area contributed by atoms with Crippen molar-refractivity contribution in [3.63, 3.8) is 0 Å². The maximum atomic E-state index is 11.7. The van der Waals surface area contributed by atoms with Crippen LogP contribution in [0.5, 0.6) is 0 Å². The fourth-order valence-corrected chi connectivity index (χ4v) is 2.49. The van der Waals surface area contributed by atoms with Gasteiger partial charge in [-0.05, 0) is 40.5 Å². The lowest BCUT2D eigenvalue weighted by Gasteiger charge is -2.19. The molecule has 5 heteroatoms. The van der Waals surface area contributed by atoms with E-state index >= 15 is 0 Å². The van der Waals surface area contributed by atoms with Crippen LogP contribution in [-0.4, -0.2) is 18.5 Å². The lowest BCUT2D eigenvalue weighted by atomic mass is 10.2. The SMILES string of the molecule is Cc1c(N2CC(N)CC2=O)ccc(Br)c1Cl. The molecule has 0 aliphatic carbocycles. The van der Waals surface area contributed by atoms with Gasteiger partial charge in [-0.3, -0.25) is 4.79 Å². The number of carbonyl (C=O) groups excluding carboxylic acids is 1. The summed E-state index contributed by atoms with van der Waals surface area (Å²) in [6.07, 6.45) is 0.410. The molecule has 1 fully saturated rings. The molecule has 0 bridgehead atoms. The second kappa shape index (κ2) is 4.35. The van der Waals surface area contributed by atoms with Crippen LogP contribution in [0, 0.1) is 6.92 Å². The average Bonchev–Trinajstić information content (AvgIpc) is 2.55. The lowest BCUT2D eigenvalue weighted by molar-refractivity contribution is -0.117. The van der Waals surface area contributed by atoms with Gasteiger partial charge in [-0.15, -0.1) is 0 Å². The Hall–Kier alpha value is -0.580. The van der Waals surface area contributed by atoms with E-state index in [9.17, 15) is 4.79 Å². The Kier molecular flexibility index (Phi) is 3.24. The predicted octanol–water partition coefficient (Wildman–Crippen LogP) is 2.47. The van der Waals surface area contributed by atoms with Crippen LogP contribution in [-0.2, 0) is 4.79 Å². The van der Waals surface area contributed by atoms with E-state index < -0.39 is 0 Å². The Morgan fingerprint density at radius 1 is 1.56 bits per heavy atom. The van der Waals surface area contributed by atoms with Crippen molar-refractivity contribution in [2.24, 2.45) is 5.73 Å². The summed E-state index contributed by atoms with van der Waals surface area (Å²) in [5.41, 5.74) is 7.52. The summed E-state index contributed by atoms with van der Waals surface area (Å²) in [5.74, 6) is 0.0639. The molecule has 1 aliphatic heterocycles. The molecule has 0 aromatic heterocycles. The zero-order valence-electron chi connectivity index (χ0n) is 8.84. The van der Waals surface area contributed by atoms with Gasteiger partial charge in [0.2, 0.25) is 5.91 Å². The highest BCUT2D eigenvalue weighted by atomic mass is 79.9. The largest absolute Gasteiger partial charge is 0.326 e. The molecule has 1 atom stereocenters. The molecule has 2 N–H and O–H groups in total. The summed E-state index contributed by atoms with van der Waals surface area (Å²) in [4.78, 5) is 13.4. The van der Waals surface area contributed by atoms with Crippen LogP contribution in [0.1, 0.15) is 12.0 Å². The van der Waals surface area contributed by atoms with Crippen molar-refractivity contribution >= 4 is 39.1 Å². The number of halogens is 2. The van der Waals surface area contributed by atoms with Crippen molar-refractivity contribution in [2.45, 2.75) is 19.4 Å². The summed E-state index contributed by atoms with van der Waals surface area (Å²) in [7, 11) is 0. The molecule has 0 saturated carbocycles. The van der Waals surface area contributed by atoms with Crippen LogP contribution < -0.4 is 10.6 Å². The number of nitrogens with two attached hydrogens (primary N) is 1.